The number of anilines is 1. The maximum atomic E-state index is 13.9. The van der Waals surface area contributed by atoms with Crippen molar-refractivity contribution in [3.8, 4) is 0 Å². The molecule has 0 aromatic heterocycles. The SMILES string of the molecule is Cc1ccc(S(=O)(=O)N(CC(=O)N(Cc2ccc(Br)cc2)[C@H](C)C(=O)NC(C)C)c2ccccc2Cl)cc1. The van der Waals surface area contributed by atoms with Crippen LogP contribution in [0.25, 0.3) is 0 Å². The van der Waals surface area contributed by atoms with Gasteiger partial charge >= 0.3 is 0 Å². The van der Waals surface area contributed by atoms with Crippen molar-refractivity contribution in [3.05, 3.63) is 93.4 Å². The largest absolute Gasteiger partial charge is 0.352 e. The van der Waals surface area contributed by atoms with Crippen molar-refractivity contribution >= 4 is 55.1 Å². The zero-order valence-electron chi connectivity index (χ0n) is 21.7. The minimum absolute atomic E-state index is 0.0286. The average Bonchev–Trinajstić information content (AvgIpc) is 2.86. The molecule has 38 heavy (non-hydrogen) atoms. The molecule has 7 nitrogen and oxygen atoms in total. The van der Waals surface area contributed by atoms with Crippen molar-refractivity contribution in [1.29, 1.82) is 0 Å². The standard InChI is InChI=1S/C28H31BrClN3O4S/c1-19(2)31-28(35)21(4)32(17-22-11-13-23(29)14-12-22)27(34)18-33(26-8-6-5-7-25(26)30)38(36,37)24-15-9-20(3)10-16-24/h5-16,19,21H,17-18H2,1-4H3,(H,31,35)/t21-/m1/s1. The van der Waals surface area contributed by atoms with Crippen molar-refractivity contribution in [3.63, 3.8) is 0 Å². The topological polar surface area (TPSA) is 86.8 Å². The number of nitrogens with one attached hydrogen (secondary N) is 1. The first-order valence-corrected chi connectivity index (χ1v) is 14.7. The number of hydrogen-bond acceptors (Lipinski definition) is 4. The minimum Gasteiger partial charge on any atom is -0.352 e. The van der Waals surface area contributed by atoms with Crippen molar-refractivity contribution in [2.75, 3.05) is 10.8 Å². The van der Waals surface area contributed by atoms with Gasteiger partial charge in [-0.2, -0.15) is 0 Å². The molecule has 0 saturated heterocycles. The first-order valence-electron chi connectivity index (χ1n) is 12.1. The number of para-hydroxylation sites is 1. The molecule has 0 saturated carbocycles. The van der Waals surface area contributed by atoms with E-state index in [2.05, 4.69) is 21.2 Å². The Morgan fingerprint density at radius 2 is 1.55 bits per heavy atom. The Balaban J connectivity index is 2.04. The summed E-state index contributed by atoms with van der Waals surface area (Å²) in [5.74, 6) is -0.883. The molecule has 2 amide bonds. The highest BCUT2D eigenvalue weighted by molar-refractivity contribution is 9.10. The summed E-state index contributed by atoms with van der Waals surface area (Å²) in [6, 6.07) is 19.2. The molecule has 0 unspecified atom stereocenters. The molecule has 3 aromatic carbocycles. The number of halogens is 2. The van der Waals surface area contributed by atoms with Gasteiger partial charge in [-0.15, -0.1) is 0 Å². The first-order chi connectivity index (χ1) is 17.9. The number of rotatable bonds is 10. The van der Waals surface area contributed by atoms with Gasteiger partial charge in [0.1, 0.15) is 12.6 Å². The normalized spacial score (nSPS) is 12.2. The lowest BCUT2D eigenvalue weighted by molar-refractivity contribution is -0.139. The smallest absolute Gasteiger partial charge is 0.264 e. The van der Waals surface area contributed by atoms with Gasteiger partial charge in [0, 0.05) is 17.1 Å². The van der Waals surface area contributed by atoms with E-state index in [0.29, 0.717) is 0 Å². The third-order valence-electron chi connectivity index (χ3n) is 5.87. The van der Waals surface area contributed by atoms with Gasteiger partial charge in [0.15, 0.2) is 0 Å². The maximum Gasteiger partial charge on any atom is 0.264 e. The molecule has 202 valence electrons. The van der Waals surface area contributed by atoms with Crippen LogP contribution >= 0.6 is 27.5 Å². The molecule has 0 spiro atoms. The molecular weight excluding hydrogens is 590 g/mol. The number of hydrogen-bond donors (Lipinski definition) is 1. The van der Waals surface area contributed by atoms with E-state index in [0.717, 1.165) is 19.9 Å². The molecule has 0 aliphatic carbocycles. The third kappa shape index (κ3) is 7.36. The van der Waals surface area contributed by atoms with Crippen molar-refractivity contribution in [2.45, 2.75) is 51.2 Å². The van der Waals surface area contributed by atoms with Crippen LogP contribution in [0.5, 0.6) is 0 Å². The van der Waals surface area contributed by atoms with Crippen LogP contribution in [0.4, 0.5) is 5.69 Å². The van der Waals surface area contributed by atoms with Crippen LogP contribution in [0.2, 0.25) is 5.02 Å². The second kappa shape index (κ2) is 12.8. The fourth-order valence-corrected chi connectivity index (χ4v) is 5.76. The summed E-state index contributed by atoms with van der Waals surface area (Å²) >= 11 is 9.82. The summed E-state index contributed by atoms with van der Waals surface area (Å²) in [5.41, 5.74) is 1.86. The van der Waals surface area contributed by atoms with Crippen LogP contribution in [-0.2, 0) is 26.2 Å². The summed E-state index contributed by atoms with van der Waals surface area (Å²) in [6.45, 7) is 6.71. The molecule has 0 aliphatic heterocycles. The predicted octanol–water partition coefficient (Wildman–Crippen LogP) is 5.55. The van der Waals surface area contributed by atoms with Crippen LogP contribution in [0.1, 0.15) is 31.9 Å². The molecule has 0 radical (unpaired) electrons. The van der Waals surface area contributed by atoms with Crippen molar-refractivity contribution in [1.82, 2.24) is 10.2 Å². The van der Waals surface area contributed by atoms with Gasteiger partial charge in [0.2, 0.25) is 11.8 Å². The van der Waals surface area contributed by atoms with Crippen molar-refractivity contribution in [2.24, 2.45) is 0 Å². The quantitative estimate of drug-likeness (QED) is 0.322. The number of carbonyl (C=O) groups excluding carboxylic acids is 2. The summed E-state index contributed by atoms with van der Waals surface area (Å²) in [5, 5.41) is 3.02. The zero-order valence-corrected chi connectivity index (χ0v) is 24.8. The van der Waals surface area contributed by atoms with Crippen LogP contribution < -0.4 is 9.62 Å². The van der Waals surface area contributed by atoms with E-state index in [1.807, 2.05) is 45.0 Å². The van der Waals surface area contributed by atoms with Gasteiger partial charge in [-0.1, -0.05) is 69.5 Å². The highest BCUT2D eigenvalue weighted by Crippen LogP contribution is 2.31. The van der Waals surface area contributed by atoms with Gasteiger partial charge in [0.25, 0.3) is 10.0 Å². The lowest BCUT2D eigenvalue weighted by atomic mass is 10.1. The summed E-state index contributed by atoms with van der Waals surface area (Å²) in [6.07, 6.45) is 0. The van der Waals surface area contributed by atoms with Crippen LogP contribution in [0.3, 0.4) is 0 Å². The number of nitrogens with zero attached hydrogens (tertiary/aromatic N) is 2. The molecule has 0 aliphatic rings. The monoisotopic (exact) mass is 619 g/mol. The number of sulfonamides is 1. The molecule has 3 aromatic rings. The van der Waals surface area contributed by atoms with E-state index in [4.69, 9.17) is 11.6 Å². The lowest BCUT2D eigenvalue weighted by Gasteiger charge is -2.32. The molecule has 3 rings (SSSR count). The lowest BCUT2D eigenvalue weighted by Crippen LogP contribution is -2.52. The number of aryl methyl sites for hydroxylation is 1. The van der Waals surface area contributed by atoms with Crippen LogP contribution in [-0.4, -0.2) is 43.8 Å². The number of amides is 2. The zero-order chi connectivity index (χ0) is 28.0. The highest BCUT2D eigenvalue weighted by Gasteiger charge is 2.33. The molecule has 0 bridgehead atoms. The summed E-state index contributed by atoms with van der Waals surface area (Å²) in [7, 11) is -4.17. The van der Waals surface area contributed by atoms with E-state index in [1.165, 1.54) is 17.0 Å². The van der Waals surface area contributed by atoms with Crippen molar-refractivity contribution < 1.29 is 18.0 Å². The third-order valence-corrected chi connectivity index (χ3v) is 8.50. The molecule has 10 heteroatoms. The molecular formula is C28H31BrClN3O4S. The summed E-state index contributed by atoms with van der Waals surface area (Å²) < 4.78 is 29.5. The van der Waals surface area contributed by atoms with Crippen LogP contribution in [0.15, 0.2) is 82.2 Å². The molecule has 0 heterocycles. The molecule has 0 fully saturated rings. The fourth-order valence-electron chi connectivity index (χ4n) is 3.78. The summed E-state index contributed by atoms with van der Waals surface area (Å²) in [4.78, 5) is 28.2. The highest BCUT2D eigenvalue weighted by atomic mass is 79.9. The second-order valence-corrected chi connectivity index (χ2v) is 12.4. The Hall–Kier alpha value is -2.88. The van der Waals surface area contributed by atoms with Crippen LogP contribution in [0, 0.1) is 6.92 Å². The average molecular weight is 621 g/mol. The number of carbonyl (C=O) groups is 2. The Kier molecular flexibility index (Phi) is 9.98. The Morgan fingerprint density at radius 1 is 0.947 bits per heavy atom. The van der Waals surface area contributed by atoms with E-state index >= 15 is 0 Å². The van der Waals surface area contributed by atoms with Gasteiger partial charge in [-0.3, -0.25) is 13.9 Å². The fraction of sp³-hybridized carbons (Fsp3) is 0.286. The maximum absolute atomic E-state index is 13.9. The van der Waals surface area contributed by atoms with E-state index in [9.17, 15) is 18.0 Å². The van der Waals surface area contributed by atoms with Gasteiger partial charge in [0.05, 0.1) is 15.6 Å². The van der Waals surface area contributed by atoms with E-state index in [-0.39, 0.29) is 34.1 Å². The van der Waals surface area contributed by atoms with E-state index in [1.54, 1.807) is 43.3 Å². The predicted molar refractivity (Wildman–Crippen MR) is 155 cm³/mol. The second-order valence-electron chi connectivity index (χ2n) is 9.26. The molecule has 1 atom stereocenters. The van der Waals surface area contributed by atoms with Gasteiger partial charge < -0.3 is 10.2 Å². The first kappa shape index (κ1) is 29.7. The minimum atomic E-state index is -4.17. The molecule has 1 N–H and O–H groups in total. The Bertz CT molecular complexity index is 1380. The Labute approximate surface area is 238 Å². The Morgan fingerprint density at radius 3 is 2.13 bits per heavy atom. The number of benzene rings is 3. The van der Waals surface area contributed by atoms with Gasteiger partial charge in [-0.05, 0) is 69.7 Å². The van der Waals surface area contributed by atoms with E-state index < -0.39 is 28.5 Å². The van der Waals surface area contributed by atoms with Gasteiger partial charge in [-0.25, -0.2) is 8.42 Å².